The van der Waals surface area contributed by atoms with Gasteiger partial charge in [0.25, 0.3) is 0 Å². The van der Waals surface area contributed by atoms with E-state index in [1.165, 1.54) is 5.56 Å². The van der Waals surface area contributed by atoms with Gasteiger partial charge < -0.3 is 25.1 Å². The van der Waals surface area contributed by atoms with E-state index in [4.69, 9.17) is 4.74 Å². The Kier molecular flexibility index (Phi) is 5.94. The number of carboxylic acid groups (broad SMARTS) is 1. The third kappa shape index (κ3) is 3.72. The fourth-order valence-corrected chi connectivity index (χ4v) is 4.13. The first-order chi connectivity index (χ1) is 13.3. The minimum absolute atomic E-state index is 0.0481. The SMILES string of the molecule is Cc1c(CCCO)c2c(c(C)c1NC(=O)[O-])C(c1ccc(C(C)C)cc1)CO2. The molecule has 0 radical (unpaired) electrons. The molecule has 5 heteroatoms. The van der Waals surface area contributed by atoms with E-state index in [0.29, 0.717) is 31.1 Å². The van der Waals surface area contributed by atoms with Crippen LogP contribution in [0.3, 0.4) is 0 Å². The monoisotopic (exact) mass is 382 g/mol. The number of hydrogen-bond donors (Lipinski definition) is 2. The van der Waals surface area contributed by atoms with Gasteiger partial charge in [0, 0.05) is 23.8 Å². The van der Waals surface area contributed by atoms with Crippen molar-refractivity contribution in [3.63, 3.8) is 0 Å². The van der Waals surface area contributed by atoms with Gasteiger partial charge in [-0.1, -0.05) is 38.1 Å². The van der Waals surface area contributed by atoms with Crippen molar-refractivity contribution >= 4 is 11.8 Å². The molecule has 0 saturated carbocycles. The van der Waals surface area contributed by atoms with Gasteiger partial charge in [-0.2, -0.15) is 0 Å². The number of fused-ring (bicyclic) bond motifs is 1. The molecule has 0 spiro atoms. The summed E-state index contributed by atoms with van der Waals surface area (Å²) in [7, 11) is 0. The molecule has 1 unspecified atom stereocenters. The quantitative estimate of drug-likeness (QED) is 0.799. The van der Waals surface area contributed by atoms with Crippen molar-refractivity contribution in [2.45, 2.75) is 52.4 Å². The van der Waals surface area contributed by atoms with E-state index in [1.807, 2.05) is 13.8 Å². The zero-order valence-corrected chi connectivity index (χ0v) is 17.0. The number of anilines is 1. The maximum absolute atomic E-state index is 11.3. The van der Waals surface area contributed by atoms with Crippen LogP contribution in [0.1, 0.15) is 65.5 Å². The summed E-state index contributed by atoms with van der Waals surface area (Å²) in [6.45, 7) is 8.75. The molecule has 0 fully saturated rings. The lowest BCUT2D eigenvalue weighted by Gasteiger charge is -2.22. The molecular formula is C23H28NO4-. The number of ether oxygens (including phenoxy) is 1. The van der Waals surface area contributed by atoms with Gasteiger partial charge in [-0.3, -0.25) is 0 Å². The molecular weight excluding hydrogens is 354 g/mol. The summed E-state index contributed by atoms with van der Waals surface area (Å²) < 4.78 is 6.12. The van der Waals surface area contributed by atoms with E-state index in [9.17, 15) is 15.0 Å². The minimum Gasteiger partial charge on any atom is -0.530 e. The van der Waals surface area contributed by atoms with Crippen molar-refractivity contribution in [3.8, 4) is 5.75 Å². The summed E-state index contributed by atoms with van der Waals surface area (Å²) in [5, 5.41) is 23.0. The van der Waals surface area contributed by atoms with Crippen LogP contribution in [0.5, 0.6) is 5.75 Å². The summed E-state index contributed by atoms with van der Waals surface area (Å²) in [5.74, 6) is 1.35. The Balaban J connectivity index is 2.11. The van der Waals surface area contributed by atoms with Crippen LogP contribution in [0, 0.1) is 13.8 Å². The maximum Gasteiger partial charge on any atom is 0.138 e. The highest BCUT2D eigenvalue weighted by Gasteiger charge is 2.32. The predicted octanol–water partition coefficient (Wildman–Crippen LogP) is 3.63. The van der Waals surface area contributed by atoms with E-state index in [1.54, 1.807) is 0 Å². The fraction of sp³-hybridized carbons (Fsp3) is 0.435. The standard InChI is InChI=1S/C23H29NO4/c1-13(2)16-7-9-17(10-8-16)19-12-28-22-18(6-5-11-25)14(3)21(24-23(26)27)15(4)20(19)22/h7-10,13,19,24-25H,5-6,11-12H2,1-4H3,(H,26,27)/p-1. The Morgan fingerprint density at radius 2 is 1.93 bits per heavy atom. The lowest BCUT2D eigenvalue weighted by Crippen LogP contribution is -2.29. The van der Waals surface area contributed by atoms with Gasteiger partial charge in [0.2, 0.25) is 0 Å². The molecule has 3 rings (SSSR count). The van der Waals surface area contributed by atoms with Gasteiger partial charge in [0.05, 0.1) is 6.61 Å². The fourth-order valence-electron chi connectivity index (χ4n) is 4.13. The highest BCUT2D eigenvalue weighted by Crippen LogP contribution is 2.47. The lowest BCUT2D eigenvalue weighted by atomic mass is 9.84. The van der Waals surface area contributed by atoms with Gasteiger partial charge in [-0.15, -0.1) is 0 Å². The first kappa shape index (κ1) is 20.2. The number of carbonyl (C=O) groups is 1. The average molecular weight is 382 g/mol. The summed E-state index contributed by atoms with van der Waals surface area (Å²) >= 11 is 0. The first-order valence-corrected chi connectivity index (χ1v) is 9.82. The second-order valence-corrected chi connectivity index (χ2v) is 7.77. The Bertz CT molecular complexity index is 871. The second-order valence-electron chi connectivity index (χ2n) is 7.77. The smallest absolute Gasteiger partial charge is 0.138 e. The zero-order chi connectivity index (χ0) is 20.4. The van der Waals surface area contributed by atoms with Gasteiger partial charge in [-0.05, 0) is 60.4 Å². The molecule has 0 bridgehead atoms. The van der Waals surface area contributed by atoms with Crippen LogP contribution in [0.4, 0.5) is 10.5 Å². The van der Waals surface area contributed by atoms with Crippen LogP contribution in [-0.2, 0) is 6.42 Å². The number of nitrogens with one attached hydrogen (secondary N) is 1. The number of aliphatic hydroxyl groups excluding tert-OH is 1. The molecule has 2 N–H and O–H groups in total. The molecule has 2 aromatic carbocycles. The summed E-state index contributed by atoms with van der Waals surface area (Å²) in [5.41, 5.74) is 6.71. The highest BCUT2D eigenvalue weighted by atomic mass is 16.5. The number of amides is 1. The molecule has 28 heavy (non-hydrogen) atoms. The molecule has 2 aromatic rings. The van der Waals surface area contributed by atoms with Gasteiger partial charge >= 0.3 is 0 Å². The number of aliphatic hydroxyl groups is 1. The first-order valence-electron chi connectivity index (χ1n) is 9.82. The van der Waals surface area contributed by atoms with Crippen LogP contribution < -0.4 is 15.2 Å². The molecule has 1 aliphatic heterocycles. The summed E-state index contributed by atoms with van der Waals surface area (Å²) in [6.07, 6.45) is -0.0971. The third-order valence-corrected chi connectivity index (χ3v) is 5.69. The van der Waals surface area contributed by atoms with Crippen LogP contribution >= 0.6 is 0 Å². The minimum atomic E-state index is -1.32. The molecule has 1 aliphatic rings. The van der Waals surface area contributed by atoms with Crippen LogP contribution in [-0.4, -0.2) is 24.4 Å². The van der Waals surface area contributed by atoms with Crippen molar-refractivity contribution in [1.82, 2.24) is 0 Å². The molecule has 0 saturated heterocycles. The van der Waals surface area contributed by atoms with Crippen molar-refractivity contribution in [1.29, 1.82) is 0 Å². The van der Waals surface area contributed by atoms with Crippen LogP contribution in [0.25, 0.3) is 0 Å². The van der Waals surface area contributed by atoms with E-state index in [0.717, 1.165) is 33.6 Å². The molecule has 1 heterocycles. The Labute approximate surface area is 166 Å². The van der Waals surface area contributed by atoms with Gasteiger partial charge in [0.1, 0.15) is 11.8 Å². The van der Waals surface area contributed by atoms with E-state index in [2.05, 4.69) is 43.4 Å². The summed E-state index contributed by atoms with van der Waals surface area (Å²) in [4.78, 5) is 11.3. The van der Waals surface area contributed by atoms with Crippen molar-refractivity contribution in [3.05, 3.63) is 57.6 Å². The molecule has 0 aromatic heterocycles. The number of benzene rings is 2. The molecule has 1 amide bonds. The maximum atomic E-state index is 11.3. The Hall–Kier alpha value is -2.53. The van der Waals surface area contributed by atoms with E-state index >= 15 is 0 Å². The van der Waals surface area contributed by atoms with Crippen LogP contribution in [0.2, 0.25) is 0 Å². The average Bonchev–Trinajstić information content (AvgIpc) is 3.10. The predicted molar refractivity (Wildman–Crippen MR) is 108 cm³/mol. The number of rotatable bonds is 6. The van der Waals surface area contributed by atoms with E-state index in [-0.39, 0.29) is 12.5 Å². The molecule has 1 atom stereocenters. The van der Waals surface area contributed by atoms with Gasteiger partial charge in [-0.25, -0.2) is 0 Å². The van der Waals surface area contributed by atoms with E-state index < -0.39 is 6.09 Å². The number of carbonyl (C=O) groups excluding carboxylic acids is 1. The normalized spacial score (nSPS) is 15.4. The molecule has 0 aliphatic carbocycles. The molecule has 150 valence electrons. The molecule has 5 nitrogen and oxygen atoms in total. The lowest BCUT2D eigenvalue weighted by molar-refractivity contribution is -0.242. The van der Waals surface area contributed by atoms with Crippen LogP contribution in [0.15, 0.2) is 24.3 Å². The highest BCUT2D eigenvalue weighted by molar-refractivity contribution is 5.86. The van der Waals surface area contributed by atoms with Crippen molar-refractivity contribution < 1.29 is 19.7 Å². The Morgan fingerprint density at radius 1 is 1.25 bits per heavy atom. The summed E-state index contributed by atoms with van der Waals surface area (Å²) in [6, 6.07) is 8.57. The topological polar surface area (TPSA) is 81.6 Å². The Morgan fingerprint density at radius 3 is 2.50 bits per heavy atom. The largest absolute Gasteiger partial charge is 0.530 e. The third-order valence-electron chi connectivity index (χ3n) is 5.69. The number of hydrogen-bond acceptors (Lipinski definition) is 4. The van der Waals surface area contributed by atoms with Crippen molar-refractivity contribution in [2.75, 3.05) is 18.5 Å². The zero-order valence-electron chi connectivity index (χ0n) is 17.0. The van der Waals surface area contributed by atoms with Crippen molar-refractivity contribution in [2.24, 2.45) is 0 Å². The second kappa shape index (κ2) is 8.23. The van der Waals surface area contributed by atoms with Gasteiger partial charge in [0.15, 0.2) is 0 Å².